The average Bonchev–Trinajstić information content (AvgIpc) is 3.60. The number of hydrogen-bond acceptors (Lipinski definition) is 7. The molecular formula is C25H29N5O4S. The molecule has 0 aliphatic carbocycles. The summed E-state index contributed by atoms with van der Waals surface area (Å²) in [4.78, 5) is 15.1. The fourth-order valence-electron chi connectivity index (χ4n) is 4.67. The number of carbonyl (C=O) groups excluding carboxylic acids is 1. The maximum atomic E-state index is 12.7. The summed E-state index contributed by atoms with van der Waals surface area (Å²) in [5, 5.41) is 10.7. The van der Waals surface area contributed by atoms with Crippen LogP contribution in [0.3, 0.4) is 0 Å². The number of carbonyl (C=O) groups is 1. The number of aryl methyl sites for hydroxylation is 1. The molecule has 1 amide bonds. The number of benzene rings is 2. The number of nitrogens with zero attached hydrogens (tertiary/aromatic N) is 4. The molecule has 2 aromatic carbocycles. The molecule has 10 heteroatoms. The number of amides is 1. The van der Waals surface area contributed by atoms with Crippen LogP contribution < -0.4 is 10.2 Å². The Hall–Kier alpha value is -3.24. The standard InChI is InChI=1S/C25H29N5O4S/c31-23(26-14-6-16-29-15-5-8-19-7-1-2-9-22(19)29)25-28-27-24(34-25)20-10-12-21(13-11-20)35(32,33)30-17-3-4-18-30/h1-2,7,9-13H,3-6,8,14-18H2,(H,26,31). The highest BCUT2D eigenvalue weighted by atomic mass is 32.2. The molecule has 1 N–H and O–H groups in total. The minimum Gasteiger partial charge on any atom is -0.412 e. The predicted molar refractivity (Wildman–Crippen MR) is 132 cm³/mol. The molecule has 0 unspecified atom stereocenters. The second kappa shape index (κ2) is 10.2. The lowest BCUT2D eigenvalue weighted by Crippen LogP contribution is -2.33. The second-order valence-electron chi connectivity index (χ2n) is 8.88. The lowest BCUT2D eigenvalue weighted by atomic mass is 10.0. The Morgan fingerprint density at radius 3 is 2.54 bits per heavy atom. The van der Waals surface area contributed by atoms with Gasteiger partial charge in [-0.25, -0.2) is 8.42 Å². The Kier molecular flexibility index (Phi) is 6.83. The number of hydrogen-bond donors (Lipinski definition) is 1. The number of nitrogens with one attached hydrogen (secondary N) is 1. The molecular weight excluding hydrogens is 466 g/mol. The SMILES string of the molecule is O=C(NCCCN1CCCc2ccccc21)c1nnc(-c2ccc(S(=O)(=O)N3CCCC3)cc2)o1. The first kappa shape index (κ1) is 23.5. The van der Waals surface area contributed by atoms with Gasteiger partial charge in [-0.2, -0.15) is 4.31 Å². The van der Waals surface area contributed by atoms with E-state index in [1.165, 1.54) is 27.7 Å². The van der Waals surface area contributed by atoms with Crippen LogP contribution in [0.1, 0.15) is 41.9 Å². The van der Waals surface area contributed by atoms with Crippen LogP contribution in [0.4, 0.5) is 5.69 Å². The zero-order valence-electron chi connectivity index (χ0n) is 19.5. The van der Waals surface area contributed by atoms with Gasteiger partial charge in [0.05, 0.1) is 4.90 Å². The Bertz CT molecular complexity index is 1280. The van der Waals surface area contributed by atoms with Gasteiger partial charge in [0.2, 0.25) is 15.9 Å². The summed E-state index contributed by atoms with van der Waals surface area (Å²) < 4.78 is 32.4. The lowest BCUT2D eigenvalue weighted by Gasteiger charge is -2.31. The third-order valence-corrected chi connectivity index (χ3v) is 8.43. The highest BCUT2D eigenvalue weighted by molar-refractivity contribution is 7.89. The van der Waals surface area contributed by atoms with E-state index in [0.717, 1.165) is 45.2 Å². The normalized spacial score (nSPS) is 16.3. The predicted octanol–water partition coefficient (Wildman–Crippen LogP) is 3.09. The van der Waals surface area contributed by atoms with Gasteiger partial charge >= 0.3 is 11.8 Å². The molecule has 0 saturated carbocycles. The van der Waals surface area contributed by atoms with Crippen molar-refractivity contribution in [1.29, 1.82) is 0 Å². The number of rotatable bonds is 8. The van der Waals surface area contributed by atoms with Crippen LogP contribution >= 0.6 is 0 Å². The van der Waals surface area contributed by atoms with Crippen molar-refractivity contribution in [2.75, 3.05) is 37.6 Å². The first-order chi connectivity index (χ1) is 17.0. The summed E-state index contributed by atoms with van der Waals surface area (Å²) in [5.74, 6) is -0.363. The maximum Gasteiger partial charge on any atom is 0.308 e. The molecule has 9 nitrogen and oxygen atoms in total. The molecule has 1 aromatic heterocycles. The molecule has 2 aliphatic heterocycles. The van der Waals surface area contributed by atoms with E-state index in [2.05, 4.69) is 44.7 Å². The smallest absolute Gasteiger partial charge is 0.308 e. The molecule has 0 radical (unpaired) electrons. The van der Waals surface area contributed by atoms with Crippen molar-refractivity contribution >= 4 is 21.6 Å². The van der Waals surface area contributed by atoms with Crippen LogP contribution in [-0.4, -0.2) is 61.6 Å². The first-order valence-electron chi connectivity index (χ1n) is 12.1. The average molecular weight is 496 g/mol. The highest BCUT2D eigenvalue weighted by Gasteiger charge is 2.27. The van der Waals surface area contributed by atoms with E-state index in [1.54, 1.807) is 12.1 Å². The van der Waals surface area contributed by atoms with Gasteiger partial charge in [-0.1, -0.05) is 18.2 Å². The summed E-state index contributed by atoms with van der Waals surface area (Å²) >= 11 is 0. The van der Waals surface area contributed by atoms with Gasteiger partial charge in [0.25, 0.3) is 0 Å². The summed E-state index contributed by atoms with van der Waals surface area (Å²) in [6, 6.07) is 14.8. The third kappa shape index (κ3) is 5.08. The Labute approximate surface area is 205 Å². The van der Waals surface area contributed by atoms with Gasteiger partial charge in [0.1, 0.15) is 0 Å². The fraction of sp³-hybridized carbons (Fsp3) is 0.400. The zero-order valence-corrected chi connectivity index (χ0v) is 20.3. The maximum absolute atomic E-state index is 12.7. The van der Waals surface area contributed by atoms with Crippen LogP contribution in [0.5, 0.6) is 0 Å². The topological polar surface area (TPSA) is 109 Å². The van der Waals surface area contributed by atoms with Crippen molar-refractivity contribution in [1.82, 2.24) is 19.8 Å². The zero-order chi connectivity index (χ0) is 24.3. The molecule has 3 heterocycles. The van der Waals surface area contributed by atoms with Gasteiger partial charge in [0, 0.05) is 44.0 Å². The van der Waals surface area contributed by atoms with Gasteiger partial charge < -0.3 is 14.6 Å². The van der Waals surface area contributed by atoms with E-state index in [0.29, 0.717) is 25.2 Å². The molecule has 2 aliphatic rings. The largest absolute Gasteiger partial charge is 0.412 e. The molecule has 0 spiro atoms. The van der Waals surface area contributed by atoms with Crippen molar-refractivity contribution in [2.45, 2.75) is 37.0 Å². The lowest BCUT2D eigenvalue weighted by molar-refractivity contribution is 0.0919. The molecule has 0 bridgehead atoms. The van der Waals surface area contributed by atoms with Gasteiger partial charge in [-0.15, -0.1) is 10.2 Å². The first-order valence-corrected chi connectivity index (χ1v) is 13.5. The molecule has 35 heavy (non-hydrogen) atoms. The molecule has 5 rings (SSSR count). The van der Waals surface area contributed by atoms with E-state index in [1.807, 2.05) is 0 Å². The monoisotopic (exact) mass is 495 g/mol. The molecule has 1 saturated heterocycles. The van der Waals surface area contributed by atoms with E-state index in [4.69, 9.17) is 4.42 Å². The summed E-state index contributed by atoms with van der Waals surface area (Å²) in [6.07, 6.45) is 4.82. The number of fused-ring (bicyclic) bond motifs is 1. The highest BCUT2D eigenvalue weighted by Crippen LogP contribution is 2.27. The van der Waals surface area contributed by atoms with Crippen molar-refractivity contribution in [2.24, 2.45) is 0 Å². The van der Waals surface area contributed by atoms with Crippen molar-refractivity contribution < 1.29 is 17.6 Å². The van der Waals surface area contributed by atoms with Crippen molar-refractivity contribution in [3.8, 4) is 11.5 Å². The van der Waals surface area contributed by atoms with Crippen LogP contribution in [0.25, 0.3) is 11.5 Å². The van der Waals surface area contributed by atoms with Gasteiger partial charge in [-0.05, 0) is 68.0 Å². The Morgan fingerprint density at radius 1 is 0.971 bits per heavy atom. The van der Waals surface area contributed by atoms with E-state index in [-0.39, 0.29) is 16.7 Å². The van der Waals surface area contributed by atoms with Crippen molar-refractivity contribution in [3.05, 3.63) is 60.0 Å². The van der Waals surface area contributed by atoms with Crippen LogP contribution in [0.15, 0.2) is 57.8 Å². The van der Waals surface area contributed by atoms with E-state index < -0.39 is 15.9 Å². The minimum atomic E-state index is -3.48. The second-order valence-corrected chi connectivity index (χ2v) is 10.8. The molecule has 3 aromatic rings. The summed E-state index contributed by atoms with van der Waals surface area (Å²) in [6.45, 7) is 3.49. The van der Waals surface area contributed by atoms with Crippen LogP contribution in [-0.2, 0) is 16.4 Å². The number of para-hydroxylation sites is 1. The molecule has 1 fully saturated rings. The van der Waals surface area contributed by atoms with Crippen molar-refractivity contribution in [3.63, 3.8) is 0 Å². The van der Waals surface area contributed by atoms with Gasteiger partial charge in [-0.3, -0.25) is 4.79 Å². The fourth-order valence-corrected chi connectivity index (χ4v) is 6.19. The number of sulfonamides is 1. The minimum absolute atomic E-state index is 0.114. The molecule has 184 valence electrons. The Morgan fingerprint density at radius 2 is 1.74 bits per heavy atom. The van der Waals surface area contributed by atoms with E-state index >= 15 is 0 Å². The number of anilines is 1. The van der Waals surface area contributed by atoms with E-state index in [9.17, 15) is 13.2 Å². The Balaban J connectivity index is 1.14. The van der Waals surface area contributed by atoms with Crippen LogP contribution in [0.2, 0.25) is 0 Å². The number of aromatic nitrogens is 2. The summed E-state index contributed by atoms with van der Waals surface area (Å²) in [7, 11) is -3.48. The van der Waals surface area contributed by atoms with Gasteiger partial charge in [0.15, 0.2) is 0 Å². The third-order valence-electron chi connectivity index (χ3n) is 6.52. The quantitative estimate of drug-likeness (QED) is 0.478. The van der Waals surface area contributed by atoms with Crippen LogP contribution in [0, 0.1) is 0 Å². The molecule has 0 atom stereocenters. The summed E-state index contributed by atoms with van der Waals surface area (Å²) in [5.41, 5.74) is 3.22.